The van der Waals surface area contributed by atoms with Crippen molar-refractivity contribution in [3.63, 3.8) is 0 Å². The van der Waals surface area contributed by atoms with Gasteiger partial charge in [0.25, 0.3) is 0 Å². The van der Waals surface area contributed by atoms with Gasteiger partial charge in [-0.15, -0.1) is 0 Å². The highest BCUT2D eigenvalue weighted by Crippen LogP contribution is 2.26. The van der Waals surface area contributed by atoms with Crippen LogP contribution in [0.2, 0.25) is 0 Å². The standard InChI is InChI=1S/C12H21N3O4/c13-9(16)5-4-8(10(17)18)15-11(19)12(14)6-2-1-3-7-12/h8H,1-7,14H2,(H2,13,16)(H,15,19)(H,17,18)/t8-/m1/s1. The molecule has 108 valence electrons. The van der Waals surface area contributed by atoms with E-state index in [0.29, 0.717) is 12.8 Å². The van der Waals surface area contributed by atoms with Crippen LogP contribution in [0.1, 0.15) is 44.9 Å². The summed E-state index contributed by atoms with van der Waals surface area (Å²) in [5, 5.41) is 11.4. The van der Waals surface area contributed by atoms with Gasteiger partial charge in [0.1, 0.15) is 6.04 Å². The fourth-order valence-corrected chi connectivity index (χ4v) is 2.26. The number of rotatable bonds is 6. The maximum atomic E-state index is 12.1. The normalized spacial score (nSPS) is 19.4. The Balaban J connectivity index is 2.59. The predicted octanol–water partition coefficient (Wildman–Crippen LogP) is -0.517. The van der Waals surface area contributed by atoms with Crippen molar-refractivity contribution in [2.75, 3.05) is 0 Å². The maximum Gasteiger partial charge on any atom is 0.326 e. The molecule has 0 aromatic heterocycles. The van der Waals surface area contributed by atoms with Gasteiger partial charge in [-0.3, -0.25) is 9.59 Å². The summed E-state index contributed by atoms with van der Waals surface area (Å²) in [5.41, 5.74) is 9.99. The van der Waals surface area contributed by atoms with Gasteiger partial charge in [0.15, 0.2) is 0 Å². The first-order valence-corrected chi connectivity index (χ1v) is 6.46. The summed E-state index contributed by atoms with van der Waals surface area (Å²) in [6.07, 6.45) is 3.77. The van der Waals surface area contributed by atoms with Crippen molar-refractivity contribution in [3.8, 4) is 0 Å². The lowest BCUT2D eigenvalue weighted by molar-refractivity contribution is -0.143. The van der Waals surface area contributed by atoms with Gasteiger partial charge in [-0.05, 0) is 19.3 Å². The van der Waals surface area contributed by atoms with Crippen LogP contribution in [0.25, 0.3) is 0 Å². The number of hydrogen-bond donors (Lipinski definition) is 4. The second kappa shape index (κ2) is 6.51. The minimum absolute atomic E-state index is 0.0213. The minimum atomic E-state index is -1.19. The van der Waals surface area contributed by atoms with E-state index in [0.717, 1.165) is 19.3 Å². The van der Waals surface area contributed by atoms with Crippen molar-refractivity contribution in [3.05, 3.63) is 0 Å². The Hall–Kier alpha value is -1.63. The number of primary amides is 1. The molecule has 2 amide bonds. The molecule has 1 saturated carbocycles. The molecule has 0 heterocycles. The molecule has 0 saturated heterocycles. The average Bonchev–Trinajstić information content (AvgIpc) is 2.34. The highest BCUT2D eigenvalue weighted by Gasteiger charge is 2.37. The molecule has 1 fully saturated rings. The largest absolute Gasteiger partial charge is 0.480 e. The van der Waals surface area contributed by atoms with Gasteiger partial charge in [0.05, 0.1) is 5.54 Å². The van der Waals surface area contributed by atoms with Gasteiger partial charge in [0.2, 0.25) is 11.8 Å². The lowest BCUT2D eigenvalue weighted by atomic mass is 9.81. The number of aliphatic carboxylic acids is 1. The van der Waals surface area contributed by atoms with E-state index >= 15 is 0 Å². The first-order valence-electron chi connectivity index (χ1n) is 6.46. The van der Waals surface area contributed by atoms with Gasteiger partial charge < -0.3 is 21.9 Å². The molecule has 1 atom stereocenters. The molecule has 7 heteroatoms. The van der Waals surface area contributed by atoms with E-state index in [2.05, 4.69) is 5.32 Å². The zero-order chi connectivity index (χ0) is 14.5. The molecule has 0 aromatic rings. The Labute approximate surface area is 111 Å². The molecule has 0 aromatic carbocycles. The zero-order valence-corrected chi connectivity index (χ0v) is 10.9. The Kier molecular flexibility index (Phi) is 5.29. The topological polar surface area (TPSA) is 136 Å². The van der Waals surface area contributed by atoms with E-state index in [1.54, 1.807) is 0 Å². The first kappa shape index (κ1) is 15.4. The molecule has 1 aliphatic rings. The van der Waals surface area contributed by atoms with E-state index < -0.39 is 29.4 Å². The Bertz CT molecular complexity index is 364. The number of nitrogens with one attached hydrogen (secondary N) is 1. The number of carbonyl (C=O) groups is 3. The molecule has 6 N–H and O–H groups in total. The van der Waals surface area contributed by atoms with Gasteiger partial charge >= 0.3 is 5.97 Å². The molecule has 1 aliphatic carbocycles. The molecular weight excluding hydrogens is 250 g/mol. The van der Waals surface area contributed by atoms with E-state index in [1.807, 2.05) is 0 Å². The molecule has 1 rings (SSSR count). The number of hydrogen-bond acceptors (Lipinski definition) is 4. The molecule has 0 bridgehead atoms. The third-order valence-electron chi connectivity index (χ3n) is 3.48. The highest BCUT2D eigenvalue weighted by molar-refractivity contribution is 5.90. The fraction of sp³-hybridized carbons (Fsp3) is 0.750. The maximum absolute atomic E-state index is 12.1. The van der Waals surface area contributed by atoms with Crippen molar-refractivity contribution in [2.24, 2.45) is 11.5 Å². The summed E-state index contributed by atoms with van der Waals surface area (Å²) in [6.45, 7) is 0. The van der Waals surface area contributed by atoms with Gasteiger partial charge in [-0.25, -0.2) is 4.79 Å². The first-order chi connectivity index (χ1) is 8.85. The summed E-state index contributed by atoms with van der Waals surface area (Å²) in [6, 6.07) is -1.12. The number of carboxylic acids is 1. The van der Waals surface area contributed by atoms with Crippen molar-refractivity contribution < 1.29 is 19.5 Å². The van der Waals surface area contributed by atoms with Crippen LogP contribution in [0.5, 0.6) is 0 Å². The SMILES string of the molecule is NC(=O)CC[C@@H](NC(=O)C1(N)CCCCC1)C(=O)O. The second-order valence-corrected chi connectivity index (χ2v) is 5.09. The van der Waals surface area contributed by atoms with Gasteiger partial charge in [0, 0.05) is 6.42 Å². The molecule has 0 spiro atoms. The van der Waals surface area contributed by atoms with Crippen LogP contribution in [0.15, 0.2) is 0 Å². The molecule has 0 aliphatic heterocycles. The van der Waals surface area contributed by atoms with E-state index in [4.69, 9.17) is 16.6 Å². The number of carboxylic acid groups (broad SMARTS) is 1. The summed E-state index contributed by atoms with van der Waals surface area (Å²) < 4.78 is 0. The molecule has 7 nitrogen and oxygen atoms in total. The molecule has 19 heavy (non-hydrogen) atoms. The summed E-state index contributed by atoms with van der Waals surface area (Å²) >= 11 is 0. The van der Waals surface area contributed by atoms with E-state index in [1.165, 1.54) is 0 Å². The molecule has 0 radical (unpaired) electrons. The Morgan fingerprint density at radius 1 is 1.21 bits per heavy atom. The van der Waals surface area contributed by atoms with Crippen molar-refractivity contribution >= 4 is 17.8 Å². The van der Waals surface area contributed by atoms with Crippen molar-refractivity contribution in [1.82, 2.24) is 5.32 Å². The van der Waals surface area contributed by atoms with E-state index in [-0.39, 0.29) is 12.8 Å². The average molecular weight is 271 g/mol. The lowest BCUT2D eigenvalue weighted by Crippen LogP contribution is -2.58. The van der Waals surface area contributed by atoms with Crippen LogP contribution in [-0.2, 0) is 14.4 Å². The number of nitrogens with two attached hydrogens (primary N) is 2. The monoisotopic (exact) mass is 271 g/mol. The Morgan fingerprint density at radius 3 is 2.26 bits per heavy atom. The van der Waals surface area contributed by atoms with Crippen LogP contribution in [0, 0.1) is 0 Å². The predicted molar refractivity (Wildman–Crippen MR) is 68.0 cm³/mol. The lowest BCUT2D eigenvalue weighted by Gasteiger charge is -2.32. The van der Waals surface area contributed by atoms with Gasteiger partial charge in [-0.2, -0.15) is 0 Å². The van der Waals surface area contributed by atoms with Crippen LogP contribution >= 0.6 is 0 Å². The van der Waals surface area contributed by atoms with Crippen LogP contribution in [0.4, 0.5) is 0 Å². The second-order valence-electron chi connectivity index (χ2n) is 5.09. The molecular formula is C12H21N3O4. The third kappa shape index (κ3) is 4.51. The number of amides is 2. The van der Waals surface area contributed by atoms with Crippen molar-refractivity contribution in [2.45, 2.75) is 56.5 Å². The smallest absolute Gasteiger partial charge is 0.326 e. The summed E-state index contributed by atoms with van der Waals surface area (Å²) in [5.74, 6) is -2.24. The number of carbonyl (C=O) groups excluding carboxylic acids is 2. The highest BCUT2D eigenvalue weighted by atomic mass is 16.4. The zero-order valence-electron chi connectivity index (χ0n) is 10.9. The summed E-state index contributed by atoms with van der Waals surface area (Å²) in [4.78, 5) is 33.8. The van der Waals surface area contributed by atoms with Crippen molar-refractivity contribution in [1.29, 1.82) is 0 Å². The molecule has 0 unspecified atom stereocenters. The van der Waals surface area contributed by atoms with Crippen LogP contribution in [-0.4, -0.2) is 34.5 Å². The van der Waals surface area contributed by atoms with E-state index in [9.17, 15) is 14.4 Å². The minimum Gasteiger partial charge on any atom is -0.480 e. The quantitative estimate of drug-likeness (QED) is 0.515. The summed E-state index contributed by atoms with van der Waals surface area (Å²) in [7, 11) is 0. The van der Waals surface area contributed by atoms with Crippen LogP contribution in [0.3, 0.4) is 0 Å². The van der Waals surface area contributed by atoms with Crippen LogP contribution < -0.4 is 16.8 Å². The third-order valence-corrected chi connectivity index (χ3v) is 3.48. The Morgan fingerprint density at radius 2 is 1.79 bits per heavy atom. The van der Waals surface area contributed by atoms with Gasteiger partial charge in [-0.1, -0.05) is 19.3 Å². The fourth-order valence-electron chi connectivity index (χ4n) is 2.26.